The fraction of sp³-hybridized carbons (Fsp3) is 0.520. The van der Waals surface area contributed by atoms with E-state index in [2.05, 4.69) is 31.4 Å². The monoisotopic (exact) mass is 538 g/mol. The Morgan fingerprint density at radius 2 is 1.94 bits per heavy atom. The molecule has 2 aromatic rings. The fourth-order valence-corrected chi connectivity index (χ4v) is 7.89. The molecule has 1 aliphatic heterocycles. The number of anilines is 1. The summed E-state index contributed by atoms with van der Waals surface area (Å²) in [4.78, 5) is 27.2. The van der Waals surface area contributed by atoms with Crippen LogP contribution in [0.1, 0.15) is 54.4 Å². The van der Waals surface area contributed by atoms with Crippen LogP contribution in [0.25, 0.3) is 0 Å². The van der Waals surface area contributed by atoms with Crippen molar-refractivity contribution >= 4 is 49.6 Å². The van der Waals surface area contributed by atoms with Crippen LogP contribution in [0.3, 0.4) is 0 Å². The molecule has 2 heterocycles. The average Bonchev–Trinajstić information content (AvgIpc) is 3.30. The molecule has 1 aliphatic carbocycles. The number of para-hydroxylation sites is 1. The molecule has 2 N–H and O–H groups in total. The molecule has 1 aromatic heterocycles. The van der Waals surface area contributed by atoms with Crippen LogP contribution in [0.2, 0.25) is 5.02 Å². The highest BCUT2D eigenvalue weighted by atomic mass is 35.5. The molecule has 7 nitrogen and oxygen atoms in total. The molecule has 0 saturated carbocycles. The standard InChI is InChI=1S/C25H31ClN2O5S2/c1-25(2,3)15-8-9-17-20(12-15)34-24(22(17)23(30)27-16-10-11-35(31,32)14-16)28-21(29)13-33-19-7-5-4-6-18(19)26/h4-7,15-16H,8-14H2,1-3H3,(H,27,30)(H,28,29). The van der Waals surface area contributed by atoms with Gasteiger partial charge >= 0.3 is 0 Å². The minimum Gasteiger partial charge on any atom is -0.482 e. The molecule has 4 rings (SSSR count). The topological polar surface area (TPSA) is 102 Å². The second kappa shape index (κ2) is 10.1. The Balaban J connectivity index is 1.55. The van der Waals surface area contributed by atoms with Crippen LogP contribution in [0.15, 0.2) is 24.3 Å². The quantitative estimate of drug-likeness (QED) is 0.564. The van der Waals surface area contributed by atoms with Gasteiger partial charge in [0.05, 0.1) is 22.1 Å². The van der Waals surface area contributed by atoms with Gasteiger partial charge in [0.1, 0.15) is 10.8 Å². The molecular formula is C25H31ClN2O5S2. The lowest BCUT2D eigenvalue weighted by atomic mass is 9.72. The number of amides is 2. The number of nitrogens with one attached hydrogen (secondary N) is 2. The lowest BCUT2D eigenvalue weighted by Gasteiger charge is -2.33. The van der Waals surface area contributed by atoms with Crippen molar-refractivity contribution < 1.29 is 22.7 Å². The average molecular weight is 539 g/mol. The summed E-state index contributed by atoms with van der Waals surface area (Å²) in [7, 11) is -3.13. The normalized spacial score (nSPS) is 21.3. The molecule has 190 valence electrons. The van der Waals surface area contributed by atoms with Crippen LogP contribution in [0.4, 0.5) is 5.00 Å². The third-order valence-corrected chi connectivity index (χ3v) is 9.98. The van der Waals surface area contributed by atoms with E-state index in [0.29, 0.717) is 33.7 Å². The summed E-state index contributed by atoms with van der Waals surface area (Å²) in [6.45, 7) is 6.41. The van der Waals surface area contributed by atoms with E-state index >= 15 is 0 Å². The molecule has 2 atom stereocenters. The highest BCUT2D eigenvalue weighted by molar-refractivity contribution is 7.91. The van der Waals surface area contributed by atoms with Gasteiger partial charge in [0.15, 0.2) is 16.4 Å². The van der Waals surface area contributed by atoms with Crippen molar-refractivity contribution in [2.45, 2.75) is 52.5 Å². The largest absolute Gasteiger partial charge is 0.482 e. The van der Waals surface area contributed by atoms with E-state index in [-0.39, 0.29) is 29.4 Å². The summed E-state index contributed by atoms with van der Waals surface area (Å²) in [5, 5.41) is 6.65. The minimum atomic E-state index is -3.13. The van der Waals surface area contributed by atoms with Gasteiger partial charge in [-0.25, -0.2) is 8.42 Å². The summed E-state index contributed by atoms with van der Waals surface area (Å²) in [6.07, 6.45) is 2.94. The molecule has 35 heavy (non-hydrogen) atoms. The van der Waals surface area contributed by atoms with E-state index < -0.39 is 21.8 Å². The van der Waals surface area contributed by atoms with Gasteiger partial charge in [0.2, 0.25) is 0 Å². The van der Waals surface area contributed by atoms with Crippen molar-refractivity contribution in [1.82, 2.24) is 5.32 Å². The Hall–Kier alpha value is -2.10. The lowest BCUT2D eigenvalue weighted by molar-refractivity contribution is -0.118. The molecule has 0 radical (unpaired) electrons. The van der Waals surface area contributed by atoms with Gasteiger partial charge in [-0.15, -0.1) is 11.3 Å². The van der Waals surface area contributed by atoms with Crippen LogP contribution in [-0.4, -0.2) is 44.4 Å². The molecule has 10 heteroatoms. The number of sulfone groups is 1. The number of ether oxygens (including phenoxy) is 1. The molecule has 1 fully saturated rings. The van der Waals surface area contributed by atoms with Gasteiger partial charge in [-0.2, -0.15) is 0 Å². The zero-order chi connectivity index (χ0) is 25.4. The highest BCUT2D eigenvalue weighted by Crippen LogP contribution is 2.44. The summed E-state index contributed by atoms with van der Waals surface area (Å²) < 4.78 is 29.3. The molecule has 0 bridgehead atoms. The first-order valence-electron chi connectivity index (χ1n) is 11.8. The van der Waals surface area contributed by atoms with Crippen molar-refractivity contribution in [3.8, 4) is 5.75 Å². The maximum absolute atomic E-state index is 13.4. The van der Waals surface area contributed by atoms with Crippen molar-refractivity contribution in [3.63, 3.8) is 0 Å². The molecule has 2 unspecified atom stereocenters. The Morgan fingerprint density at radius 1 is 1.20 bits per heavy atom. The Bertz CT molecular complexity index is 1230. The van der Waals surface area contributed by atoms with Crippen molar-refractivity contribution in [1.29, 1.82) is 0 Å². The van der Waals surface area contributed by atoms with Gasteiger partial charge in [0, 0.05) is 10.9 Å². The lowest BCUT2D eigenvalue weighted by Crippen LogP contribution is -2.36. The molecule has 2 aliphatic rings. The van der Waals surface area contributed by atoms with Crippen molar-refractivity contribution in [3.05, 3.63) is 45.3 Å². The van der Waals surface area contributed by atoms with Crippen LogP contribution >= 0.6 is 22.9 Å². The van der Waals surface area contributed by atoms with E-state index in [1.165, 1.54) is 11.3 Å². The maximum Gasteiger partial charge on any atom is 0.262 e. The summed E-state index contributed by atoms with van der Waals surface area (Å²) >= 11 is 7.53. The zero-order valence-corrected chi connectivity index (χ0v) is 22.5. The Kier molecular flexibility index (Phi) is 7.50. The Labute approximate surface area is 215 Å². The van der Waals surface area contributed by atoms with Crippen molar-refractivity contribution in [2.75, 3.05) is 23.4 Å². The van der Waals surface area contributed by atoms with E-state index in [1.54, 1.807) is 24.3 Å². The minimum absolute atomic E-state index is 0.0511. The summed E-state index contributed by atoms with van der Waals surface area (Å²) in [5.74, 6) is 0.176. The van der Waals surface area contributed by atoms with Crippen LogP contribution in [0, 0.1) is 11.3 Å². The summed E-state index contributed by atoms with van der Waals surface area (Å²) in [6, 6.07) is 6.49. The predicted molar refractivity (Wildman–Crippen MR) is 139 cm³/mol. The SMILES string of the molecule is CC(C)(C)C1CCc2c(sc(NC(=O)COc3ccccc3Cl)c2C(=O)NC2CCS(=O)(=O)C2)C1. The number of hydrogen-bond acceptors (Lipinski definition) is 6. The first-order valence-corrected chi connectivity index (χ1v) is 14.8. The second-order valence-corrected chi connectivity index (χ2v) is 14.1. The van der Waals surface area contributed by atoms with E-state index in [1.807, 2.05) is 0 Å². The number of carbonyl (C=O) groups is 2. The second-order valence-electron chi connectivity index (χ2n) is 10.4. The van der Waals surface area contributed by atoms with E-state index in [4.69, 9.17) is 16.3 Å². The molecular weight excluding hydrogens is 508 g/mol. The van der Waals surface area contributed by atoms with Gasteiger partial charge in [0.25, 0.3) is 11.8 Å². The number of carbonyl (C=O) groups excluding carboxylic acids is 2. The first kappa shape index (κ1) is 26.0. The van der Waals surface area contributed by atoms with Crippen LogP contribution in [-0.2, 0) is 27.5 Å². The molecule has 1 saturated heterocycles. The number of hydrogen-bond donors (Lipinski definition) is 2. The molecule has 1 aromatic carbocycles. The zero-order valence-electron chi connectivity index (χ0n) is 20.1. The number of thiophene rings is 1. The highest BCUT2D eigenvalue weighted by Gasteiger charge is 2.36. The Morgan fingerprint density at radius 3 is 2.60 bits per heavy atom. The number of benzene rings is 1. The fourth-order valence-electron chi connectivity index (χ4n) is 4.69. The third kappa shape index (κ3) is 6.19. The molecule has 2 amide bonds. The maximum atomic E-state index is 13.4. The van der Waals surface area contributed by atoms with E-state index in [0.717, 1.165) is 29.7 Å². The van der Waals surface area contributed by atoms with Gasteiger partial charge in [-0.05, 0) is 54.7 Å². The van der Waals surface area contributed by atoms with Gasteiger partial charge < -0.3 is 15.4 Å². The molecule has 0 spiro atoms. The van der Waals surface area contributed by atoms with Crippen molar-refractivity contribution in [2.24, 2.45) is 11.3 Å². The number of rotatable bonds is 6. The van der Waals surface area contributed by atoms with E-state index in [9.17, 15) is 18.0 Å². The van der Waals surface area contributed by atoms with Crippen LogP contribution < -0.4 is 15.4 Å². The first-order chi connectivity index (χ1) is 16.4. The number of fused-ring (bicyclic) bond motifs is 1. The third-order valence-electron chi connectivity index (χ3n) is 6.73. The van der Waals surface area contributed by atoms with Crippen LogP contribution in [0.5, 0.6) is 5.75 Å². The smallest absolute Gasteiger partial charge is 0.262 e. The van der Waals surface area contributed by atoms with Gasteiger partial charge in [-0.1, -0.05) is 44.5 Å². The summed E-state index contributed by atoms with van der Waals surface area (Å²) in [5.41, 5.74) is 1.54. The predicted octanol–water partition coefficient (Wildman–Crippen LogP) is 4.49. The van der Waals surface area contributed by atoms with Gasteiger partial charge in [-0.3, -0.25) is 9.59 Å². The number of halogens is 1.